The first-order chi connectivity index (χ1) is 11.7. The number of aliphatic hydroxyl groups excluding tert-OH is 1. The van der Waals surface area contributed by atoms with Crippen LogP contribution in [0.15, 0.2) is 48.5 Å². The van der Waals surface area contributed by atoms with Crippen LogP contribution in [0.4, 0.5) is 17.6 Å². The standard InChI is InChI=1S/C17H16ClF4NO2/c18-12-6-4-11(5-7-12)15(24)14(23)9-10-2-1-3-13(8-10)25-17(21,22)16(19)20/h1-8,14-16,24H,9,23H2. The number of hydrogen-bond acceptors (Lipinski definition) is 3. The van der Waals surface area contributed by atoms with Gasteiger partial charge in [0.05, 0.1) is 6.10 Å². The highest BCUT2D eigenvalue weighted by atomic mass is 35.5. The molecule has 0 aromatic heterocycles. The molecule has 0 saturated heterocycles. The zero-order valence-corrected chi connectivity index (χ0v) is 13.6. The van der Waals surface area contributed by atoms with Gasteiger partial charge in [0, 0.05) is 11.1 Å². The van der Waals surface area contributed by atoms with Crippen LogP contribution >= 0.6 is 11.6 Å². The van der Waals surface area contributed by atoms with E-state index in [1.54, 1.807) is 30.3 Å². The van der Waals surface area contributed by atoms with Crippen LogP contribution in [0.3, 0.4) is 0 Å². The van der Waals surface area contributed by atoms with Gasteiger partial charge in [0.1, 0.15) is 5.75 Å². The highest BCUT2D eigenvalue weighted by Gasteiger charge is 2.43. The Morgan fingerprint density at radius 2 is 1.76 bits per heavy atom. The molecule has 2 unspecified atom stereocenters. The van der Waals surface area contributed by atoms with Crippen molar-refractivity contribution < 1.29 is 27.4 Å². The summed E-state index contributed by atoms with van der Waals surface area (Å²) in [6.07, 6.45) is -9.40. The molecule has 25 heavy (non-hydrogen) atoms. The molecule has 0 spiro atoms. The van der Waals surface area contributed by atoms with E-state index in [1.807, 2.05) is 0 Å². The summed E-state index contributed by atoms with van der Waals surface area (Å²) in [5.74, 6) is -0.406. The predicted octanol–water partition coefficient (Wildman–Crippen LogP) is 4.18. The Labute approximate surface area is 147 Å². The van der Waals surface area contributed by atoms with Crippen molar-refractivity contribution in [3.8, 4) is 5.75 Å². The molecule has 2 aromatic rings. The van der Waals surface area contributed by atoms with Gasteiger partial charge in [-0.3, -0.25) is 0 Å². The molecule has 0 aliphatic rings. The van der Waals surface area contributed by atoms with Crippen molar-refractivity contribution in [3.63, 3.8) is 0 Å². The van der Waals surface area contributed by atoms with E-state index in [2.05, 4.69) is 4.74 Å². The average molecular weight is 378 g/mol. The summed E-state index contributed by atoms with van der Waals surface area (Å²) in [5, 5.41) is 10.8. The zero-order chi connectivity index (χ0) is 18.6. The van der Waals surface area contributed by atoms with Crippen molar-refractivity contribution in [1.29, 1.82) is 0 Å². The SMILES string of the molecule is NC(Cc1cccc(OC(F)(F)C(F)F)c1)C(O)c1ccc(Cl)cc1. The number of halogens is 5. The summed E-state index contributed by atoms with van der Waals surface area (Å²) in [4.78, 5) is 0. The molecule has 2 rings (SSSR count). The molecular weight excluding hydrogens is 362 g/mol. The van der Waals surface area contributed by atoms with E-state index in [0.717, 1.165) is 6.07 Å². The number of benzene rings is 2. The predicted molar refractivity (Wildman–Crippen MR) is 86.1 cm³/mol. The lowest BCUT2D eigenvalue weighted by Gasteiger charge is -2.20. The quantitative estimate of drug-likeness (QED) is 0.712. The van der Waals surface area contributed by atoms with Gasteiger partial charge in [-0.15, -0.1) is 0 Å². The molecule has 136 valence electrons. The van der Waals surface area contributed by atoms with E-state index < -0.39 is 30.4 Å². The number of nitrogens with two attached hydrogens (primary N) is 1. The van der Waals surface area contributed by atoms with Crippen molar-refractivity contribution >= 4 is 11.6 Å². The number of aliphatic hydroxyl groups is 1. The van der Waals surface area contributed by atoms with Crippen molar-refractivity contribution in [2.75, 3.05) is 0 Å². The number of alkyl halides is 4. The molecule has 2 aromatic carbocycles. The third-order valence-electron chi connectivity index (χ3n) is 3.49. The molecule has 3 N–H and O–H groups in total. The molecule has 0 heterocycles. The fourth-order valence-corrected chi connectivity index (χ4v) is 2.35. The summed E-state index contributed by atoms with van der Waals surface area (Å²) < 4.78 is 54.4. The Morgan fingerprint density at radius 3 is 2.36 bits per heavy atom. The first-order valence-electron chi connectivity index (χ1n) is 7.32. The highest BCUT2D eigenvalue weighted by Crippen LogP contribution is 2.28. The first kappa shape index (κ1) is 19.5. The van der Waals surface area contributed by atoms with Crippen LogP contribution in [0.25, 0.3) is 0 Å². The maximum atomic E-state index is 13.0. The zero-order valence-electron chi connectivity index (χ0n) is 12.9. The minimum absolute atomic E-state index is 0.126. The number of hydrogen-bond donors (Lipinski definition) is 2. The van der Waals surface area contributed by atoms with Gasteiger partial charge in [-0.25, -0.2) is 0 Å². The van der Waals surface area contributed by atoms with Crippen molar-refractivity contribution in [2.45, 2.75) is 31.1 Å². The molecule has 3 nitrogen and oxygen atoms in total. The highest BCUT2D eigenvalue weighted by molar-refractivity contribution is 6.30. The Kier molecular flexibility index (Phi) is 6.26. The van der Waals surface area contributed by atoms with Crippen LogP contribution < -0.4 is 10.5 Å². The lowest BCUT2D eigenvalue weighted by Crippen LogP contribution is -2.33. The lowest BCUT2D eigenvalue weighted by molar-refractivity contribution is -0.253. The summed E-state index contributed by atoms with van der Waals surface area (Å²) >= 11 is 5.78. The van der Waals surface area contributed by atoms with Gasteiger partial charge in [-0.2, -0.15) is 17.6 Å². The van der Waals surface area contributed by atoms with Gasteiger partial charge in [0.2, 0.25) is 0 Å². The fourth-order valence-electron chi connectivity index (χ4n) is 2.23. The van der Waals surface area contributed by atoms with Gasteiger partial charge in [-0.1, -0.05) is 35.9 Å². The van der Waals surface area contributed by atoms with Crippen LogP contribution in [0.2, 0.25) is 5.02 Å². The molecule has 8 heteroatoms. The van der Waals surface area contributed by atoms with Crippen molar-refractivity contribution in [3.05, 3.63) is 64.7 Å². The minimum Gasteiger partial charge on any atom is -0.428 e. The topological polar surface area (TPSA) is 55.5 Å². The summed E-state index contributed by atoms with van der Waals surface area (Å²) in [6, 6.07) is 11.0. The normalized spacial score (nSPS) is 14.4. The van der Waals surface area contributed by atoms with Crippen LogP contribution in [-0.2, 0) is 6.42 Å². The third-order valence-corrected chi connectivity index (χ3v) is 3.75. The maximum Gasteiger partial charge on any atom is 0.461 e. The second kappa shape index (κ2) is 8.03. The Morgan fingerprint density at radius 1 is 1.12 bits per heavy atom. The van der Waals surface area contributed by atoms with Crippen LogP contribution in [-0.4, -0.2) is 23.7 Å². The van der Waals surface area contributed by atoms with E-state index in [4.69, 9.17) is 17.3 Å². The monoisotopic (exact) mass is 377 g/mol. The smallest absolute Gasteiger partial charge is 0.428 e. The van der Waals surface area contributed by atoms with Gasteiger partial charge in [0.25, 0.3) is 0 Å². The number of rotatable bonds is 7. The second-order valence-corrected chi connectivity index (χ2v) is 5.91. The fraction of sp³-hybridized carbons (Fsp3) is 0.294. The van der Waals surface area contributed by atoms with Gasteiger partial charge in [-0.05, 0) is 41.8 Å². The summed E-state index contributed by atoms with van der Waals surface area (Å²) in [6.45, 7) is 0. The summed E-state index contributed by atoms with van der Waals surface area (Å²) in [7, 11) is 0. The molecule has 0 radical (unpaired) electrons. The Balaban J connectivity index is 2.07. The molecule has 0 aliphatic carbocycles. The van der Waals surface area contributed by atoms with Crippen LogP contribution in [0.1, 0.15) is 17.2 Å². The van der Waals surface area contributed by atoms with Crippen molar-refractivity contribution in [1.82, 2.24) is 0 Å². The molecular formula is C17H16ClF4NO2. The minimum atomic E-state index is -4.58. The largest absolute Gasteiger partial charge is 0.461 e. The van der Waals surface area contributed by atoms with Gasteiger partial charge in [0.15, 0.2) is 0 Å². The van der Waals surface area contributed by atoms with E-state index >= 15 is 0 Å². The molecule has 0 bridgehead atoms. The van der Waals surface area contributed by atoms with Gasteiger partial charge >= 0.3 is 12.5 Å². The first-order valence-corrected chi connectivity index (χ1v) is 7.70. The molecule has 0 fully saturated rings. The number of ether oxygens (including phenoxy) is 1. The Bertz CT molecular complexity index is 697. The lowest BCUT2D eigenvalue weighted by atomic mass is 9.97. The molecule has 0 saturated carbocycles. The third kappa shape index (κ3) is 5.32. The van der Waals surface area contributed by atoms with Crippen LogP contribution in [0.5, 0.6) is 5.75 Å². The van der Waals surface area contributed by atoms with Gasteiger partial charge < -0.3 is 15.6 Å². The maximum absolute atomic E-state index is 13.0. The van der Waals surface area contributed by atoms with E-state index in [9.17, 15) is 22.7 Å². The van der Waals surface area contributed by atoms with Crippen molar-refractivity contribution in [2.24, 2.45) is 5.73 Å². The Hall–Kier alpha value is -1.83. The molecule has 0 aliphatic heterocycles. The van der Waals surface area contributed by atoms with E-state index in [1.165, 1.54) is 12.1 Å². The molecule has 0 amide bonds. The van der Waals surface area contributed by atoms with E-state index in [0.29, 0.717) is 16.1 Å². The molecule has 2 atom stereocenters. The van der Waals surface area contributed by atoms with Crippen LogP contribution in [0, 0.1) is 0 Å². The average Bonchev–Trinajstić information content (AvgIpc) is 2.54. The summed E-state index contributed by atoms with van der Waals surface area (Å²) in [5.41, 5.74) is 6.96. The second-order valence-electron chi connectivity index (χ2n) is 5.48. The van der Waals surface area contributed by atoms with E-state index in [-0.39, 0.29) is 6.42 Å².